The lowest BCUT2D eigenvalue weighted by molar-refractivity contribution is -0.132. The predicted molar refractivity (Wildman–Crippen MR) is 94.6 cm³/mol. The number of nitrogen functional groups attached to an aromatic ring is 1. The fraction of sp³-hybridized carbons (Fsp3) is 0.222. The predicted octanol–water partition coefficient (Wildman–Crippen LogP) is 3.12. The van der Waals surface area contributed by atoms with E-state index in [2.05, 4.69) is 5.32 Å². The number of nitrogens with one attached hydrogen (secondary N) is 1. The second kappa shape index (κ2) is 7.35. The van der Waals surface area contributed by atoms with Gasteiger partial charge in [0, 0.05) is 5.69 Å². The van der Waals surface area contributed by atoms with Crippen LogP contribution in [-0.4, -0.2) is 16.6 Å². The molecular weight excluding hydrogens is 326 g/mol. The summed E-state index contributed by atoms with van der Waals surface area (Å²) in [4.78, 5) is 12.3. The normalized spacial score (nSPS) is 12.9. The highest BCUT2D eigenvalue weighted by Gasteiger charge is 2.30. The number of nitrogens with two attached hydrogens (primary N) is 1. The zero-order valence-electron chi connectivity index (χ0n) is 13.2. The van der Waals surface area contributed by atoms with Crippen LogP contribution < -0.4 is 11.1 Å². The Morgan fingerprint density at radius 3 is 2.58 bits per heavy atom. The highest BCUT2D eigenvalue weighted by Crippen LogP contribution is 2.24. The molecule has 124 valence electrons. The maximum atomic E-state index is 12.3. The molecule has 6 heteroatoms. The Morgan fingerprint density at radius 1 is 1.33 bits per heavy atom. The van der Waals surface area contributed by atoms with Gasteiger partial charge < -0.3 is 16.2 Å². The van der Waals surface area contributed by atoms with Gasteiger partial charge in [-0.1, -0.05) is 23.7 Å². The molecule has 1 unspecified atom stereocenters. The first-order chi connectivity index (χ1) is 11.3. The van der Waals surface area contributed by atoms with E-state index in [1.54, 1.807) is 24.3 Å². The zero-order chi connectivity index (χ0) is 17.7. The largest absolute Gasteiger partial charge is 0.398 e. The lowest BCUT2D eigenvalue weighted by Gasteiger charge is -2.22. The standard InChI is InChI=1S/C18H18ClN3O2/c1-18(24,9-8-12-2-4-13(11-20)5-3-12)17(23)22-14-6-7-16(21)15(19)10-14/h2-7,10,24H,8-9,21H2,1H3,(H,22,23). The van der Waals surface area contributed by atoms with Crippen molar-refractivity contribution in [1.29, 1.82) is 5.26 Å². The van der Waals surface area contributed by atoms with Gasteiger partial charge >= 0.3 is 0 Å². The van der Waals surface area contributed by atoms with Crippen LogP contribution in [-0.2, 0) is 11.2 Å². The van der Waals surface area contributed by atoms with Gasteiger partial charge in [0.15, 0.2) is 0 Å². The van der Waals surface area contributed by atoms with Crippen LogP contribution in [0.1, 0.15) is 24.5 Å². The first kappa shape index (κ1) is 17.8. The van der Waals surface area contributed by atoms with Gasteiger partial charge in [0.1, 0.15) is 5.60 Å². The zero-order valence-corrected chi connectivity index (χ0v) is 14.0. The Bertz CT molecular complexity index is 780. The molecule has 0 spiro atoms. The van der Waals surface area contributed by atoms with Crippen molar-refractivity contribution >= 4 is 28.9 Å². The summed E-state index contributed by atoms with van der Waals surface area (Å²) in [5.74, 6) is -0.517. The van der Waals surface area contributed by atoms with Crippen molar-refractivity contribution in [2.75, 3.05) is 11.1 Å². The van der Waals surface area contributed by atoms with E-state index in [0.717, 1.165) is 5.56 Å². The summed E-state index contributed by atoms with van der Waals surface area (Å²) in [5.41, 5.74) is 6.49. The molecule has 0 radical (unpaired) electrons. The van der Waals surface area contributed by atoms with Crippen molar-refractivity contribution in [2.45, 2.75) is 25.4 Å². The summed E-state index contributed by atoms with van der Waals surface area (Å²) in [5, 5.41) is 22.2. The van der Waals surface area contributed by atoms with Crippen molar-refractivity contribution in [3.63, 3.8) is 0 Å². The number of halogens is 1. The van der Waals surface area contributed by atoms with Crippen molar-refractivity contribution in [3.05, 3.63) is 58.6 Å². The molecule has 2 rings (SSSR count). The molecule has 0 aromatic heterocycles. The summed E-state index contributed by atoms with van der Waals surface area (Å²) >= 11 is 5.92. The number of carbonyl (C=O) groups is 1. The highest BCUT2D eigenvalue weighted by atomic mass is 35.5. The lowest BCUT2D eigenvalue weighted by atomic mass is 9.95. The minimum atomic E-state index is -1.54. The van der Waals surface area contributed by atoms with E-state index in [0.29, 0.717) is 28.4 Å². The van der Waals surface area contributed by atoms with Gasteiger partial charge in [-0.15, -0.1) is 0 Å². The highest BCUT2D eigenvalue weighted by molar-refractivity contribution is 6.33. The molecule has 0 aliphatic rings. The Hall–Kier alpha value is -2.55. The molecule has 2 aromatic rings. The number of aliphatic hydroxyl groups is 1. The monoisotopic (exact) mass is 343 g/mol. The van der Waals surface area contributed by atoms with E-state index in [9.17, 15) is 9.90 Å². The average Bonchev–Trinajstić information content (AvgIpc) is 2.57. The number of hydrogen-bond donors (Lipinski definition) is 3. The molecule has 5 nitrogen and oxygen atoms in total. The van der Waals surface area contributed by atoms with Crippen LogP contribution in [0.2, 0.25) is 5.02 Å². The molecule has 0 saturated heterocycles. The van der Waals surface area contributed by atoms with E-state index in [1.807, 2.05) is 18.2 Å². The third-order valence-electron chi connectivity index (χ3n) is 3.73. The van der Waals surface area contributed by atoms with Gasteiger partial charge in [0.25, 0.3) is 5.91 Å². The van der Waals surface area contributed by atoms with E-state index in [-0.39, 0.29) is 6.42 Å². The number of hydrogen-bond acceptors (Lipinski definition) is 4. The molecule has 0 fully saturated rings. The number of nitrogens with zero attached hydrogens (tertiary/aromatic N) is 1. The average molecular weight is 344 g/mol. The summed E-state index contributed by atoms with van der Waals surface area (Å²) in [6.45, 7) is 1.46. The van der Waals surface area contributed by atoms with E-state index in [4.69, 9.17) is 22.6 Å². The fourth-order valence-corrected chi connectivity index (χ4v) is 2.30. The molecule has 2 aromatic carbocycles. The quantitative estimate of drug-likeness (QED) is 0.726. The van der Waals surface area contributed by atoms with Crippen LogP contribution in [0.15, 0.2) is 42.5 Å². The summed E-state index contributed by atoms with van der Waals surface area (Å²) in [6.07, 6.45) is 0.752. The molecule has 1 atom stereocenters. The maximum Gasteiger partial charge on any atom is 0.256 e. The number of aryl methyl sites for hydroxylation is 1. The van der Waals surface area contributed by atoms with Gasteiger partial charge in [0.2, 0.25) is 0 Å². The van der Waals surface area contributed by atoms with Crippen LogP contribution in [0, 0.1) is 11.3 Å². The van der Waals surface area contributed by atoms with Crippen LogP contribution in [0.3, 0.4) is 0 Å². The van der Waals surface area contributed by atoms with Crippen LogP contribution >= 0.6 is 11.6 Å². The smallest absolute Gasteiger partial charge is 0.256 e. The molecule has 24 heavy (non-hydrogen) atoms. The third-order valence-corrected chi connectivity index (χ3v) is 4.06. The topological polar surface area (TPSA) is 99.1 Å². The second-order valence-corrected chi connectivity index (χ2v) is 6.18. The number of nitriles is 1. The molecule has 4 N–H and O–H groups in total. The molecular formula is C18H18ClN3O2. The van der Waals surface area contributed by atoms with E-state index in [1.165, 1.54) is 13.0 Å². The number of anilines is 2. The summed E-state index contributed by atoms with van der Waals surface area (Å²) in [6, 6.07) is 13.8. The minimum Gasteiger partial charge on any atom is -0.398 e. The Morgan fingerprint density at radius 2 is 2.00 bits per heavy atom. The van der Waals surface area contributed by atoms with Crippen LogP contribution in [0.25, 0.3) is 0 Å². The molecule has 1 amide bonds. The lowest BCUT2D eigenvalue weighted by Crippen LogP contribution is -2.40. The number of amides is 1. The first-order valence-electron chi connectivity index (χ1n) is 7.40. The molecule has 0 saturated carbocycles. The summed E-state index contributed by atoms with van der Waals surface area (Å²) < 4.78 is 0. The van der Waals surface area contributed by atoms with Crippen LogP contribution in [0.4, 0.5) is 11.4 Å². The first-order valence-corrected chi connectivity index (χ1v) is 7.77. The molecule has 0 bridgehead atoms. The van der Waals surface area contributed by atoms with Gasteiger partial charge in [-0.05, 0) is 55.7 Å². The van der Waals surface area contributed by atoms with Gasteiger partial charge in [-0.25, -0.2) is 0 Å². The SMILES string of the molecule is CC(O)(CCc1ccc(C#N)cc1)C(=O)Nc1ccc(N)c(Cl)c1. The molecule has 0 aliphatic carbocycles. The second-order valence-electron chi connectivity index (χ2n) is 5.77. The van der Waals surface area contributed by atoms with Gasteiger partial charge in [-0.3, -0.25) is 4.79 Å². The van der Waals surface area contributed by atoms with Gasteiger partial charge in [0.05, 0.1) is 22.3 Å². The minimum absolute atomic E-state index is 0.243. The molecule has 0 heterocycles. The number of benzene rings is 2. The van der Waals surface area contributed by atoms with Crippen molar-refractivity contribution in [1.82, 2.24) is 0 Å². The Balaban J connectivity index is 1.98. The number of carbonyl (C=O) groups excluding carboxylic acids is 1. The fourth-order valence-electron chi connectivity index (χ4n) is 2.12. The maximum absolute atomic E-state index is 12.3. The van der Waals surface area contributed by atoms with Crippen molar-refractivity contribution < 1.29 is 9.90 Å². The third kappa shape index (κ3) is 4.48. The van der Waals surface area contributed by atoms with Crippen molar-refractivity contribution in [3.8, 4) is 6.07 Å². The molecule has 0 aliphatic heterocycles. The Kier molecular flexibility index (Phi) is 5.45. The summed E-state index contributed by atoms with van der Waals surface area (Å²) in [7, 11) is 0. The van der Waals surface area contributed by atoms with E-state index < -0.39 is 11.5 Å². The van der Waals surface area contributed by atoms with Crippen LogP contribution in [0.5, 0.6) is 0 Å². The Labute approximate surface area is 145 Å². The van der Waals surface area contributed by atoms with Crippen molar-refractivity contribution in [2.24, 2.45) is 0 Å². The number of rotatable bonds is 5. The van der Waals surface area contributed by atoms with E-state index >= 15 is 0 Å². The van der Waals surface area contributed by atoms with Gasteiger partial charge in [-0.2, -0.15) is 5.26 Å².